The number of halogens is 2. The summed E-state index contributed by atoms with van der Waals surface area (Å²) in [5.74, 6) is -3.35. The Morgan fingerprint density at radius 3 is 2.78 bits per heavy atom. The van der Waals surface area contributed by atoms with Crippen molar-refractivity contribution in [3.63, 3.8) is 0 Å². The van der Waals surface area contributed by atoms with Gasteiger partial charge in [0.1, 0.15) is 5.56 Å². The van der Waals surface area contributed by atoms with Gasteiger partial charge in [0.2, 0.25) is 11.2 Å². The van der Waals surface area contributed by atoms with Crippen molar-refractivity contribution in [2.24, 2.45) is 0 Å². The predicted molar refractivity (Wildman–Crippen MR) is 95.1 cm³/mol. The smallest absolute Gasteiger partial charge is 0.261 e. The molecule has 138 valence electrons. The van der Waals surface area contributed by atoms with Gasteiger partial charge < -0.3 is 14.6 Å². The molecule has 1 N–H and O–H groups in total. The van der Waals surface area contributed by atoms with Gasteiger partial charge in [-0.2, -0.15) is 4.39 Å². The summed E-state index contributed by atoms with van der Waals surface area (Å²) in [5, 5.41) is 2.49. The minimum absolute atomic E-state index is 0.00296. The summed E-state index contributed by atoms with van der Waals surface area (Å²) in [5.41, 5.74) is -0.281. The SMILES string of the molecule is COc1c(F)c(F)cc2c(=O)c(C(=O)Nc3cccnc3)cn(C3CC3)c12. The van der Waals surface area contributed by atoms with Gasteiger partial charge in [0.15, 0.2) is 11.6 Å². The number of carbonyl (C=O) groups is 1. The first-order chi connectivity index (χ1) is 13.0. The van der Waals surface area contributed by atoms with E-state index < -0.39 is 23.0 Å². The van der Waals surface area contributed by atoms with Gasteiger partial charge in [-0.3, -0.25) is 14.6 Å². The first-order valence-electron chi connectivity index (χ1n) is 8.33. The molecule has 1 fully saturated rings. The van der Waals surface area contributed by atoms with E-state index in [1.807, 2.05) is 0 Å². The Hall–Kier alpha value is -3.29. The minimum Gasteiger partial charge on any atom is -0.491 e. The molecule has 1 saturated carbocycles. The fourth-order valence-electron chi connectivity index (χ4n) is 3.05. The number of nitrogens with one attached hydrogen (secondary N) is 1. The first kappa shape index (κ1) is 17.1. The van der Waals surface area contributed by atoms with E-state index in [4.69, 9.17) is 4.74 Å². The summed E-state index contributed by atoms with van der Waals surface area (Å²) < 4.78 is 34.8. The van der Waals surface area contributed by atoms with Crippen LogP contribution < -0.4 is 15.5 Å². The number of rotatable bonds is 4. The van der Waals surface area contributed by atoms with Gasteiger partial charge in [-0.05, 0) is 31.0 Å². The van der Waals surface area contributed by atoms with E-state index in [0.29, 0.717) is 5.69 Å². The third kappa shape index (κ3) is 2.92. The van der Waals surface area contributed by atoms with E-state index in [1.54, 1.807) is 22.9 Å². The number of anilines is 1. The molecule has 3 aromatic rings. The van der Waals surface area contributed by atoms with Crippen LogP contribution in [0.5, 0.6) is 5.75 Å². The molecule has 1 aromatic carbocycles. The number of carbonyl (C=O) groups excluding carboxylic acids is 1. The van der Waals surface area contributed by atoms with E-state index in [9.17, 15) is 18.4 Å². The molecule has 2 heterocycles. The van der Waals surface area contributed by atoms with Crippen molar-refractivity contribution in [3.05, 3.63) is 64.2 Å². The molecule has 1 aliphatic rings. The van der Waals surface area contributed by atoms with Gasteiger partial charge in [-0.1, -0.05) is 0 Å². The van der Waals surface area contributed by atoms with E-state index in [0.717, 1.165) is 18.9 Å². The zero-order valence-electron chi connectivity index (χ0n) is 14.3. The Bertz CT molecular complexity index is 1110. The molecule has 0 atom stereocenters. The maximum Gasteiger partial charge on any atom is 0.261 e. The van der Waals surface area contributed by atoms with Crippen molar-refractivity contribution >= 4 is 22.5 Å². The molecule has 2 aromatic heterocycles. The number of hydrogen-bond acceptors (Lipinski definition) is 4. The summed E-state index contributed by atoms with van der Waals surface area (Å²) in [6.07, 6.45) is 5.99. The van der Waals surface area contributed by atoms with Crippen LogP contribution >= 0.6 is 0 Å². The highest BCUT2D eigenvalue weighted by atomic mass is 19.2. The average molecular weight is 371 g/mol. The van der Waals surface area contributed by atoms with Crippen molar-refractivity contribution in [2.75, 3.05) is 12.4 Å². The normalized spacial score (nSPS) is 13.6. The lowest BCUT2D eigenvalue weighted by molar-refractivity contribution is 0.102. The average Bonchev–Trinajstić information content (AvgIpc) is 3.50. The fourth-order valence-corrected chi connectivity index (χ4v) is 3.05. The number of benzene rings is 1. The molecule has 0 unspecified atom stereocenters. The number of pyridine rings is 2. The molecular weight excluding hydrogens is 356 g/mol. The number of amides is 1. The summed E-state index contributed by atoms with van der Waals surface area (Å²) in [6.45, 7) is 0. The van der Waals surface area contributed by atoms with E-state index >= 15 is 0 Å². The van der Waals surface area contributed by atoms with Crippen LogP contribution in [-0.2, 0) is 0 Å². The first-order valence-corrected chi connectivity index (χ1v) is 8.33. The monoisotopic (exact) mass is 371 g/mol. The van der Waals surface area contributed by atoms with Crippen LogP contribution in [0.15, 0.2) is 41.6 Å². The molecule has 8 heteroatoms. The third-order valence-electron chi connectivity index (χ3n) is 4.47. The Labute approximate surface area is 152 Å². The van der Waals surface area contributed by atoms with E-state index in [-0.39, 0.29) is 28.3 Å². The van der Waals surface area contributed by atoms with Crippen LogP contribution in [0.1, 0.15) is 29.2 Å². The fraction of sp³-hybridized carbons (Fsp3) is 0.211. The highest BCUT2D eigenvalue weighted by molar-refractivity contribution is 6.06. The summed E-state index contributed by atoms with van der Waals surface area (Å²) >= 11 is 0. The molecular formula is C19H15F2N3O3. The molecule has 4 rings (SSSR count). The minimum atomic E-state index is -1.20. The van der Waals surface area contributed by atoms with Crippen LogP contribution in [0.2, 0.25) is 0 Å². The molecule has 0 bridgehead atoms. The molecule has 0 spiro atoms. The van der Waals surface area contributed by atoms with Gasteiger partial charge in [-0.25, -0.2) is 4.39 Å². The number of nitrogens with zero attached hydrogens (tertiary/aromatic N) is 2. The summed E-state index contributed by atoms with van der Waals surface area (Å²) in [6, 6.07) is 4.08. The van der Waals surface area contributed by atoms with E-state index in [2.05, 4.69) is 10.3 Å². The van der Waals surface area contributed by atoms with Crippen molar-refractivity contribution < 1.29 is 18.3 Å². The van der Waals surface area contributed by atoms with Gasteiger partial charge >= 0.3 is 0 Å². The highest BCUT2D eigenvalue weighted by Gasteiger charge is 2.30. The summed E-state index contributed by atoms with van der Waals surface area (Å²) in [7, 11) is 1.21. The second-order valence-corrected chi connectivity index (χ2v) is 6.31. The largest absolute Gasteiger partial charge is 0.491 e. The Morgan fingerprint density at radius 2 is 2.15 bits per heavy atom. The molecule has 0 aliphatic heterocycles. The van der Waals surface area contributed by atoms with Crippen LogP contribution in [-0.4, -0.2) is 22.6 Å². The highest BCUT2D eigenvalue weighted by Crippen LogP contribution is 2.40. The van der Waals surface area contributed by atoms with Crippen LogP contribution in [0.3, 0.4) is 0 Å². The maximum atomic E-state index is 14.2. The standard InChI is InChI=1S/C19H15F2N3O3/c1-27-18-15(21)14(20)7-12-16(18)24(11-4-5-11)9-13(17(12)25)19(26)23-10-3-2-6-22-8-10/h2-3,6-9,11H,4-5H2,1H3,(H,23,26). The lowest BCUT2D eigenvalue weighted by Crippen LogP contribution is -2.24. The van der Waals surface area contributed by atoms with Crippen LogP contribution in [0.25, 0.3) is 10.9 Å². The summed E-state index contributed by atoms with van der Waals surface area (Å²) in [4.78, 5) is 29.4. The molecule has 6 nitrogen and oxygen atoms in total. The molecule has 1 aliphatic carbocycles. The zero-order valence-corrected chi connectivity index (χ0v) is 14.3. The van der Waals surface area contributed by atoms with Gasteiger partial charge in [-0.15, -0.1) is 0 Å². The Kier molecular flexibility index (Phi) is 4.10. The Morgan fingerprint density at radius 1 is 1.37 bits per heavy atom. The van der Waals surface area contributed by atoms with Crippen LogP contribution in [0.4, 0.5) is 14.5 Å². The second kappa shape index (κ2) is 6.46. The van der Waals surface area contributed by atoms with E-state index in [1.165, 1.54) is 19.5 Å². The molecule has 0 saturated heterocycles. The van der Waals surface area contributed by atoms with Gasteiger partial charge in [0, 0.05) is 18.4 Å². The number of ether oxygens (including phenoxy) is 1. The lowest BCUT2D eigenvalue weighted by Gasteiger charge is -2.16. The third-order valence-corrected chi connectivity index (χ3v) is 4.47. The topological polar surface area (TPSA) is 73.2 Å². The maximum absolute atomic E-state index is 14.2. The molecule has 27 heavy (non-hydrogen) atoms. The predicted octanol–water partition coefficient (Wildman–Crippen LogP) is 3.27. The number of hydrogen-bond donors (Lipinski definition) is 1. The van der Waals surface area contributed by atoms with Crippen molar-refractivity contribution in [2.45, 2.75) is 18.9 Å². The second-order valence-electron chi connectivity index (χ2n) is 6.31. The van der Waals surface area contributed by atoms with Gasteiger partial charge in [0.05, 0.1) is 29.9 Å². The van der Waals surface area contributed by atoms with Crippen molar-refractivity contribution in [3.8, 4) is 5.75 Å². The van der Waals surface area contributed by atoms with Crippen LogP contribution in [0, 0.1) is 11.6 Å². The number of methoxy groups -OCH3 is 1. The zero-order chi connectivity index (χ0) is 19.1. The number of aromatic nitrogens is 2. The molecule has 1 amide bonds. The van der Waals surface area contributed by atoms with Crippen molar-refractivity contribution in [1.82, 2.24) is 9.55 Å². The van der Waals surface area contributed by atoms with Crippen molar-refractivity contribution in [1.29, 1.82) is 0 Å². The number of fused-ring (bicyclic) bond motifs is 1. The van der Waals surface area contributed by atoms with Gasteiger partial charge in [0.25, 0.3) is 5.91 Å². The Balaban J connectivity index is 1.93. The molecule has 0 radical (unpaired) electrons. The quantitative estimate of drug-likeness (QED) is 0.764. The lowest BCUT2D eigenvalue weighted by atomic mass is 10.1.